The molecule has 1 aliphatic rings. The summed E-state index contributed by atoms with van der Waals surface area (Å²) in [5.41, 5.74) is 2.22. The van der Waals surface area contributed by atoms with E-state index in [1.165, 1.54) is 5.56 Å². The lowest BCUT2D eigenvalue weighted by Gasteiger charge is -2.26. The summed E-state index contributed by atoms with van der Waals surface area (Å²) in [6.45, 7) is 12.3. The number of hydrogen-bond donors (Lipinski definition) is 3. The highest BCUT2D eigenvalue weighted by Gasteiger charge is 2.30. The molecule has 1 amide bonds. The number of benzene rings is 1. The average Bonchev–Trinajstić information content (AvgIpc) is 3.21. The van der Waals surface area contributed by atoms with E-state index in [9.17, 15) is 9.90 Å². The highest BCUT2D eigenvalue weighted by Crippen LogP contribution is 2.24. The summed E-state index contributed by atoms with van der Waals surface area (Å²) in [5, 5.41) is 17.2. The zero-order chi connectivity index (χ0) is 23.7. The van der Waals surface area contributed by atoms with Gasteiger partial charge in [0, 0.05) is 33.7 Å². The summed E-state index contributed by atoms with van der Waals surface area (Å²) in [4.78, 5) is 20.9. The Balaban J connectivity index is 1.83. The fourth-order valence-corrected chi connectivity index (χ4v) is 3.99. The maximum Gasteiger partial charge on any atom is 0.239 e. The number of carbonyl (C=O) groups excluding carboxylic acids is 1. The van der Waals surface area contributed by atoms with E-state index in [0.717, 1.165) is 51.0 Å². The largest absolute Gasteiger partial charge is 0.386 e. The van der Waals surface area contributed by atoms with E-state index < -0.39 is 6.10 Å². The number of carbonyl (C=O) groups is 1. The van der Waals surface area contributed by atoms with Gasteiger partial charge in [-0.25, -0.2) is 0 Å². The number of amides is 1. The van der Waals surface area contributed by atoms with E-state index in [1.54, 1.807) is 4.90 Å². The van der Waals surface area contributed by atoms with Crippen LogP contribution in [0.3, 0.4) is 0 Å². The van der Waals surface area contributed by atoms with E-state index in [4.69, 9.17) is 0 Å². The van der Waals surface area contributed by atoms with Crippen LogP contribution in [0, 0.1) is 0 Å². The number of likely N-dealkylation sites (tertiary alicyclic amines) is 1. The van der Waals surface area contributed by atoms with Gasteiger partial charge in [-0.15, -0.1) is 0 Å². The molecule has 0 spiro atoms. The number of hydrogen-bond acceptors (Lipinski definition) is 4. The van der Waals surface area contributed by atoms with Crippen LogP contribution in [-0.2, 0) is 10.2 Å². The second kappa shape index (κ2) is 12.2. The van der Waals surface area contributed by atoms with Crippen LogP contribution in [0.25, 0.3) is 0 Å². The van der Waals surface area contributed by atoms with E-state index in [1.807, 2.05) is 33.2 Å². The molecular weight excluding hydrogens is 402 g/mol. The monoisotopic (exact) mass is 445 g/mol. The zero-order valence-corrected chi connectivity index (χ0v) is 20.8. The Morgan fingerprint density at radius 1 is 1.25 bits per heavy atom. The normalized spacial score (nSPS) is 18.5. The first-order valence-electron chi connectivity index (χ1n) is 11.9. The van der Waals surface area contributed by atoms with Gasteiger partial charge in [-0.1, -0.05) is 45.0 Å². The van der Waals surface area contributed by atoms with Gasteiger partial charge in [-0.3, -0.25) is 14.7 Å². The number of guanidine groups is 1. The number of aliphatic hydroxyl groups is 1. The van der Waals surface area contributed by atoms with Gasteiger partial charge in [-0.05, 0) is 49.3 Å². The van der Waals surface area contributed by atoms with Crippen LogP contribution in [0.1, 0.15) is 64.2 Å². The molecule has 0 aromatic heterocycles. The number of nitrogens with zero attached hydrogens (tertiary/aromatic N) is 3. The quantitative estimate of drug-likeness (QED) is 0.309. The van der Waals surface area contributed by atoms with E-state index >= 15 is 0 Å². The molecular formula is C25H43N5O2. The maximum atomic E-state index is 12.3. The molecule has 32 heavy (non-hydrogen) atoms. The highest BCUT2D eigenvalue weighted by molar-refractivity contribution is 5.81. The van der Waals surface area contributed by atoms with Gasteiger partial charge in [-0.2, -0.15) is 0 Å². The fourth-order valence-electron chi connectivity index (χ4n) is 3.99. The Labute approximate surface area is 194 Å². The van der Waals surface area contributed by atoms with Crippen LogP contribution in [-0.4, -0.2) is 79.6 Å². The van der Waals surface area contributed by atoms with Gasteiger partial charge in [0.05, 0.1) is 18.7 Å². The number of likely N-dealkylation sites (N-methyl/N-ethyl adjacent to an activating group) is 1. The maximum absolute atomic E-state index is 12.3. The molecule has 1 aliphatic heterocycles. The van der Waals surface area contributed by atoms with Crippen molar-refractivity contribution in [1.82, 2.24) is 20.4 Å². The van der Waals surface area contributed by atoms with Crippen molar-refractivity contribution in [2.45, 2.75) is 64.5 Å². The molecule has 7 nitrogen and oxygen atoms in total. The molecule has 1 aromatic carbocycles. The van der Waals surface area contributed by atoms with Gasteiger partial charge < -0.3 is 20.6 Å². The third-order valence-electron chi connectivity index (χ3n) is 5.93. The minimum Gasteiger partial charge on any atom is -0.386 e. The SMILES string of the molecule is CCNC(=NCC(O)c1ccc(C(C)(C)C)cc1)NCCCN1CCCC1C(=O)N(C)C. The molecule has 1 fully saturated rings. The van der Waals surface area contributed by atoms with Gasteiger partial charge in [0.1, 0.15) is 0 Å². The molecule has 2 atom stereocenters. The number of nitrogens with one attached hydrogen (secondary N) is 2. The van der Waals surface area contributed by atoms with Crippen LogP contribution in [0.4, 0.5) is 0 Å². The minimum atomic E-state index is -0.637. The lowest BCUT2D eigenvalue weighted by molar-refractivity contribution is -0.133. The second-order valence-electron chi connectivity index (χ2n) is 9.81. The summed E-state index contributed by atoms with van der Waals surface area (Å²) < 4.78 is 0. The summed E-state index contributed by atoms with van der Waals surface area (Å²) in [6.07, 6.45) is 2.32. The van der Waals surface area contributed by atoms with Crippen molar-refractivity contribution in [3.63, 3.8) is 0 Å². The molecule has 7 heteroatoms. The highest BCUT2D eigenvalue weighted by atomic mass is 16.3. The number of aliphatic imine (C=N–C) groups is 1. The molecule has 2 rings (SSSR count). The van der Waals surface area contributed by atoms with Crippen molar-refractivity contribution in [3.05, 3.63) is 35.4 Å². The summed E-state index contributed by atoms with van der Waals surface area (Å²) in [7, 11) is 3.65. The van der Waals surface area contributed by atoms with E-state index in [0.29, 0.717) is 12.5 Å². The first-order chi connectivity index (χ1) is 15.1. The van der Waals surface area contributed by atoms with E-state index in [-0.39, 0.29) is 17.4 Å². The Bertz CT molecular complexity index is 740. The Morgan fingerprint density at radius 2 is 1.94 bits per heavy atom. The topological polar surface area (TPSA) is 80.2 Å². The van der Waals surface area contributed by atoms with Crippen LogP contribution >= 0.6 is 0 Å². The van der Waals surface area contributed by atoms with Gasteiger partial charge >= 0.3 is 0 Å². The summed E-state index contributed by atoms with van der Waals surface area (Å²) in [6, 6.07) is 8.16. The van der Waals surface area contributed by atoms with Crippen LogP contribution < -0.4 is 10.6 Å². The Kier molecular flexibility index (Phi) is 9.97. The van der Waals surface area contributed by atoms with Gasteiger partial charge in [0.25, 0.3) is 0 Å². The molecule has 180 valence electrons. The molecule has 0 radical (unpaired) electrons. The van der Waals surface area contributed by atoms with Gasteiger partial charge in [0.15, 0.2) is 5.96 Å². The van der Waals surface area contributed by atoms with Crippen LogP contribution in [0.2, 0.25) is 0 Å². The smallest absolute Gasteiger partial charge is 0.239 e. The first kappa shape index (κ1) is 26.1. The van der Waals surface area contributed by atoms with Crippen molar-refractivity contribution in [2.24, 2.45) is 4.99 Å². The number of aliphatic hydroxyl groups excluding tert-OH is 1. The second-order valence-corrected chi connectivity index (χ2v) is 9.81. The molecule has 1 heterocycles. The number of rotatable bonds is 9. The first-order valence-corrected chi connectivity index (χ1v) is 11.9. The molecule has 2 unspecified atom stereocenters. The summed E-state index contributed by atoms with van der Waals surface area (Å²) in [5.74, 6) is 0.912. The molecule has 1 saturated heterocycles. The Morgan fingerprint density at radius 3 is 2.53 bits per heavy atom. The molecule has 0 bridgehead atoms. The van der Waals surface area contributed by atoms with Crippen molar-refractivity contribution in [3.8, 4) is 0 Å². The van der Waals surface area contributed by atoms with Crippen molar-refractivity contribution in [1.29, 1.82) is 0 Å². The average molecular weight is 446 g/mol. The molecule has 0 saturated carbocycles. The van der Waals surface area contributed by atoms with Crippen molar-refractivity contribution < 1.29 is 9.90 Å². The third-order valence-corrected chi connectivity index (χ3v) is 5.93. The standard InChI is InChI=1S/C25H43N5O2/c1-7-26-24(27-15-9-17-30-16-8-10-21(30)23(32)29(5)6)28-18-22(31)19-11-13-20(14-12-19)25(2,3)4/h11-14,21-22,31H,7-10,15-18H2,1-6H3,(H2,26,27,28). The van der Waals surface area contributed by atoms with E-state index in [2.05, 4.69) is 53.4 Å². The lowest BCUT2D eigenvalue weighted by Crippen LogP contribution is -2.44. The van der Waals surface area contributed by atoms with Crippen molar-refractivity contribution in [2.75, 3.05) is 46.8 Å². The van der Waals surface area contributed by atoms with Crippen LogP contribution in [0.5, 0.6) is 0 Å². The third kappa shape index (κ3) is 7.78. The Hall–Kier alpha value is -2.12. The fraction of sp³-hybridized carbons (Fsp3) is 0.680. The predicted molar refractivity (Wildman–Crippen MR) is 132 cm³/mol. The molecule has 0 aliphatic carbocycles. The van der Waals surface area contributed by atoms with Crippen molar-refractivity contribution >= 4 is 11.9 Å². The zero-order valence-electron chi connectivity index (χ0n) is 20.8. The molecule has 1 aromatic rings. The van der Waals surface area contributed by atoms with Gasteiger partial charge in [0.2, 0.25) is 5.91 Å². The van der Waals surface area contributed by atoms with Crippen LogP contribution in [0.15, 0.2) is 29.3 Å². The minimum absolute atomic E-state index is 0.0201. The summed E-state index contributed by atoms with van der Waals surface area (Å²) >= 11 is 0. The molecule has 3 N–H and O–H groups in total. The predicted octanol–water partition coefficient (Wildman–Crippen LogP) is 2.52. The lowest BCUT2D eigenvalue weighted by atomic mass is 9.86.